The predicted octanol–water partition coefficient (Wildman–Crippen LogP) is 3.65. The number of rotatable bonds is 10. The Kier molecular flexibility index (Phi) is 7.78. The van der Waals surface area contributed by atoms with Gasteiger partial charge in [-0.2, -0.15) is 0 Å². The molecule has 1 heterocycles. The second-order valence-electron chi connectivity index (χ2n) is 6.85. The maximum atomic E-state index is 12.3. The maximum absolute atomic E-state index is 12.3. The fourth-order valence-electron chi connectivity index (χ4n) is 3.04. The second-order valence-corrected chi connectivity index (χ2v) is 6.85. The number of hydrogen-bond acceptors (Lipinski definition) is 4. The minimum atomic E-state index is -0.132. The molecule has 0 saturated heterocycles. The van der Waals surface area contributed by atoms with E-state index in [-0.39, 0.29) is 18.5 Å². The fourth-order valence-corrected chi connectivity index (χ4v) is 3.04. The van der Waals surface area contributed by atoms with Gasteiger partial charge in [0, 0.05) is 12.7 Å². The molecule has 0 bridgehead atoms. The highest BCUT2D eigenvalue weighted by molar-refractivity contribution is 5.78. The lowest BCUT2D eigenvalue weighted by Gasteiger charge is -2.18. The van der Waals surface area contributed by atoms with E-state index in [0.29, 0.717) is 13.2 Å². The Morgan fingerprint density at radius 2 is 1.86 bits per heavy atom. The van der Waals surface area contributed by atoms with Crippen LogP contribution < -0.4 is 15.4 Å². The summed E-state index contributed by atoms with van der Waals surface area (Å²) in [6.07, 6.45) is 2.52. The topological polar surface area (TPSA) is 63.2 Å². The first-order chi connectivity index (χ1) is 14.2. The van der Waals surface area contributed by atoms with Crippen molar-refractivity contribution >= 4 is 5.91 Å². The van der Waals surface area contributed by atoms with Crippen molar-refractivity contribution in [3.05, 3.63) is 95.8 Å². The Bertz CT molecular complexity index is 845. The Hall–Kier alpha value is -3.18. The van der Waals surface area contributed by atoms with Crippen LogP contribution in [0.5, 0.6) is 5.75 Å². The molecule has 29 heavy (non-hydrogen) atoms. The monoisotopic (exact) mass is 389 g/mol. The van der Waals surface area contributed by atoms with E-state index in [1.54, 1.807) is 6.20 Å². The van der Waals surface area contributed by atoms with Crippen molar-refractivity contribution in [2.24, 2.45) is 0 Å². The highest BCUT2D eigenvalue weighted by atomic mass is 16.5. The average Bonchev–Trinajstić information content (AvgIpc) is 2.75. The third-order valence-corrected chi connectivity index (χ3v) is 4.48. The summed E-state index contributed by atoms with van der Waals surface area (Å²) in [5.41, 5.74) is 3.13. The third-order valence-electron chi connectivity index (χ3n) is 4.48. The normalized spacial score (nSPS) is 11.6. The second kappa shape index (κ2) is 11.0. The van der Waals surface area contributed by atoms with Crippen LogP contribution >= 0.6 is 0 Å². The first kappa shape index (κ1) is 20.6. The highest BCUT2D eigenvalue weighted by Crippen LogP contribution is 2.19. The summed E-state index contributed by atoms with van der Waals surface area (Å²) in [7, 11) is 0. The minimum absolute atomic E-state index is 0.0441. The van der Waals surface area contributed by atoms with Crippen LogP contribution in [0.1, 0.15) is 29.3 Å². The van der Waals surface area contributed by atoms with Gasteiger partial charge in [-0.25, -0.2) is 0 Å². The van der Waals surface area contributed by atoms with Crippen molar-refractivity contribution in [3.63, 3.8) is 0 Å². The van der Waals surface area contributed by atoms with Gasteiger partial charge in [-0.3, -0.25) is 15.1 Å². The Labute approximate surface area is 172 Å². The van der Waals surface area contributed by atoms with Crippen molar-refractivity contribution in [1.82, 2.24) is 15.6 Å². The van der Waals surface area contributed by atoms with Crippen molar-refractivity contribution in [3.8, 4) is 5.75 Å². The summed E-state index contributed by atoms with van der Waals surface area (Å²) < 4.78 is 5.71. The van der Waals surface area contributed by atoms with Gasteiger partial charge in [0.1, 0.15) is 5.75 Å². The maximum Gasteiger partial charge on any atom is 0.233 e. The molecule has 0 aliphatic carbocycles. The van der Waals surface area contributed by atoms with Crippen molar-refractivity contribution < 1.29 is 9.53 Å². The lowest BCUT2D eigenvalue weighted by atomic mass is 10.0. The van der Waals surface area contributed by atoms with Crippen LogP contribution in [0.3, 0.4) is 0 Å². The number of ether oxygens (including phenoxy) is 1. The molecule has 2 N–H and O–H groups in total. The summed E-state index contributed by atoms with van der Waals surface area (Å²) in [5.74, 6) is 0.816. The van der Waals surface area contributed by atoms with Crippen LogP contribution in [0.25, 0.3) is 0 Å². The molecule has 5 heteroatoms. The molecule has 1 atom stereocenters. The predicted molar refractivity (Wildman–Crippen MR) is 115 cm³/mol. The van der Waals surface area contributed by atoms with E-state index in [0.717, 1.165) is 23.4 Å². The number of amides is 1. The number of carbonyl (C=O) groups excluding carboxylic acids is 1. The van der Waals surface area contributed by atoms with E-state index in [2.05, 4.69) is 15.6 Å². The van der Waals surface area contributed by atoms with Gasteiger partial charge in [0.25, 0.3) is 0 Å². The van der Waals surface area contributed by atoms with Gasteiger partial charge in [0.05, 0.1) is 24.9 Å². The van der Waals surface area contributed by atoms with Gasteiger partial charge >= 0.3 is 0 Å². The van der Waals surface area contributed by atoms with Crippen LogP contribution in [0, 0.1) is 6.92 Å². The Morgan fingerprint density at radius 3 is 2.62 bits per heavy atom. The lowest BCUT2D eigenvalue weighted by molar-refractivity contribution is -0.120. The van der Waals surface area contributed by atoms with Crippen molar-refractivity contribution in [2.75, 3.05) is 19.7 Å². The molecule has 5 nitrogen and oxygen atoms in total. The minimum Gasteiger partial charge on any atom is -0.494 e. The zero-order valence-electron chi connectivity index (χ0n) is 16.7. The van der Waals surface area contributed by atoms with Crippen molar-refractivity contribution in [1.29, 1.82) is 0 Å². The van der Waals surface area contributed by atoms with E-state index in [1.807, 2.05) is 79.7 Å². The number of aromatic nitrogens is 1. The highest BCUT2D eigenvalue weighted by Gasteiger charge is 2.15. The van der Waals surface area contributed by atoms with Crippen LogP contribution in [0.15, 0.2) is 79.0 Å². The van der Waals surface area contributed by atoms with Gasteiger partial charge in [0.15, 0.2) is 0 Å². The van der Waals surface area contributed by atoms with E-state index in [1.165, 1.54) is 5.56 Å². The number of pyridine rings is 1. The molecule has 150 valence electrons. The number of benzene rings is 2. The van der Waals surface area contributed by atoms with Gasteiger partial charge < -0.3 is 10.1 Å². The van der Waals surface area contributed by atoms with Gasteiger partial charge in [-0.1, -0.05) is 48.5 Å². The molecule has 0 saturated carbocycles. The average molecular weight is 389 g/mol. The number of aryl methyl sites for hydroxylation is 1. The van der Waals surface area contributed by atoms with Crippen LogP contribution in [0.4, 0.5) is 0 Å². The van der Waals surface area contributed by atoms with E-state index in [4.69, 9.17) is 4.74 Å². The number of hydrogen-bond donors (Lipinski definition) is 2. The molecule has 3 rings (SSSR count). The zero-order valence-corrected chi connectivity index (χ0v) is 16.7. The summed E-state index contributed by atoms with van der Waals surface area (Å²) in [6.45, 7) is 3.40. The molecule has 3 aromatic rings. The molecule has 1 unspecified atom stereocenters. The van der Waals surface area contributed by atoms with Crippen LogP contribution in [-0.2, 0) is 4.79 Å². The molecule has 1 aromatic heterocycles. The molecule has 0 aliphatic rings. The standard InChI is InChI=1S/C24H27N3O2/c1-19-9-7-12-21(17-19)29-16-8-15-26-23(28)18-27-24(20-10-3-2-4-11-20)22-13-5-6-14-25-22/h2-7,9-14,17,24,27H,8,15-16,18H2,1H3,(H,26,28). The quantitative estimate of drug-likeness (QED) is 0.520. The number of carbonyl (C=O) groups is 1. The summed E-state index contributed by atoms with van der Waals surface area (Å²) >= 11 is 0. The lowest BCUT2D eigenvalue weighted by Crippen LogP contribution is -2.37. The summed E-state index contributed by atoms with van der Waals surface area (Å²) in [5, 5.41) is 6.26. The molecule has 2 aromatic carbocycles. The molecular formula is C24H27N3O2. The molecule has 1 amide bonds. The van der Waals surface area contributed by atoms with E-state index in [9.17, 15) is 4.79 Å². The van der Waals surface area contributed by atoms with E-state index >= 15 is 0 Å². The van der Waals surface area contributed by atoms with Gasteiger partial charge in [-0.15, -0.1) is 0 Å². The van der Waals surface area contributed by atoms with Crippen molar-refractivity contribution in [2.45, 2.75) is 19.4 Å². The van der Waals surface area contributed by atoms with Gasteiger partial charge in [0.2, 0.25) is 5.91 Å². The fraction of sp³-hybridized carbons (Fsp3) is 0.250. The summed E-state index contributed by atoms with van der Waals surface area (Å²) in [6, 6.07) is 23.6. The molecule has 0 radical (unpaired) electrons. The van der Waals surface area contributed by atoms with Crippen LogP contribution in [-0.4, -0.2) is 30.6 Å². The molecular weight excluding hydrogens is 362 g/mol. The smallest absolute Gasteiger partial charge is 0.233 e. The Balaban J connectivity index is 1.43. The molecule has 0 fully saturated rings. The largest absolute Gasteiger partial charge is 0.494 e. The molecule has 0 spiro atoms. The number of nitrogens with zero attached hydrogens (tertiary/aromatic N) is 1. The first-order valence-electron chi connectivity index (χ1n) is 9.88. The SMILES string of the molecule is Cc1cccc(OCCCNC(=O)CNC(c2ccccc2)c2ccccn2)c1. The van der Waals surface area contributed by atoms with Gasteiger partial charge in [-0.05, 0) is 48.7 Å². The Morgan fingerprint density at radius 1 is 1.03 bits per heavy atom. The zero-order chi connectivity index (χ0) is 20.3. The summed E-state index contributed by atoms with van der Waals surface area (Å²) in [4.78, 5) is 16.7. The first-order valence-corrected chi connectivity index (χ1v) is 9.88. The third kappa shape index (κ3) is 6.73. The number of nitrogens with one attached hydrogen (secondary N) is 2. The molecule has 0 aliphatic heterocycles. The van der Waals surface area contributed by atoms with E-state index < -0.39 is 0 Å². The van der Waals surface area contributed by atoms with Crippen LogP contribution in [0.2, 0.25) is 0 Å².